The summed E-state index contributed by atoms with van der Waals surface area (Å²) in [6, 6.07) is 4.47. The number of hydrogen-bond acceptors (Lipinski definition) is 3. The smallest absolute Gasteiger partial charge is 0.335 e. The molecule has 1 aliphatic rings. The molecule has 0 aliphatic heterocycles. The number of benzene rings is 1. The van der Waals surface area contributed by atoms with Gasteiger partial charge in [-0.2, -0.15) is 0 Å². The van der Waals surface area contributed by atoms with Gasteiger partial charge >= 0.3 is 5.97 Å². The van der Waals surface area contributed by atoms with Crippen molar-refractivity contribution in [2.24, 2.45) is 0 Å². The van der Waals surface area contributed by atoms with Crippen LogP contribution in [0.4, 0.5) is 5.69 Å². The number of nitrogens with one attached hydrogen (secondary N) is 1. The average molecular weight is 356 g/mol. The molecule has 24 heavy (non-hydrogen) atoms. The van der Waals surface area contributed by atoms with Gasteiger partial charge in [-0.25, -0.2) is 4.79 Å². The fourth-order valence-electron chi connectivity index (χ4n) is 1.85. The lowest BCUT2D eigenvalue weighted by molar-refractivity contribution is -0.114. The molecule has 0 saturated carbocycles. The van der Waals surface area contributed by atoms with E-state index in [0.29, 0.717) is 29.1 Å². The van der Waals surface area contributed by atoms with Crippen molar-refractivity contribution in [2.75, 3.05) is 5.32 Å². The zero-order valence-corrected chi connectivity index (χ0v) is 16.5. The first-order valence-electron chi connectivity index (χ1n) is 8.52. The van der Waals surface area contributed by atoms with Crippen LogP contribution in [0.25, 0.3) is 0 Å². The number of allylic oxidation sites excluding steroid dienone is 2. The molecule has 0 saturated heterocycles. The van der Waals surface area contributed by atoms with E-state index in [2.05, 4.69) is 5.32 Å². The second kappa shape index (κ2) is 13.6. The summed E-state index contributed by atoms with van der Waals surface area (Å²) in [5, 5.41) is 12.2. The van der Waals surface area contributed by atoms with Gasteiger partial charge in [0.25, 0.3) is 0 Å². The molecule has 2 N–H and O–H groups in total. The molecule has 0 atom stereocenters. The number of carboxylic acids is 1. The van der Waals surface area contributed by atoms with Gasteiger partial charge in [0, 0.05) is 17.7 Å². The van der Waals surface area contributed by atoms with Gasteiger partial charge in [-0.1, -0.05) is 53.1 Å². The Morgan fingerprint density at radius 3 is 2.00 bits per heavy atom. The highest BCUT2D eigenvalue weighted by Crippen LogP contribution is 2.29. The molecule has 5 heteroatoms. The third-order valence-electron chi connectivity index (χ3n) is 2.97. The summed E-state index contributed by atoms with van der Waals surface area (Å²) in [7, 11) is 0. The first kappa shape index (κ1) is 24.4. The zero-order chi connectivity index (χ0) is 19.3. The Kier molecular flexibility index (Phi) is 13.9. The number of ketones is 1. The summed E-state index contributed by atoms with van der Waals surface area (Å²) in [5.74, 6) is -0.884. The van der Waals surface area contributed by atoms with Crippen LogP contribution in [0.2, 0.25) is 5.02 Å². The van der Waals surface area contributed by atoms with E-state index in [9.17, 15) is 9.59 Å². The number of Topliss-reactive ketones (excluding diaryl/α,β-unsaturated/α-hetero) is 1. The molecule has 0 bridgehead atoms. The summed E-state index contributed by atoms with van der Waals surface area (Å²) in [5.41, 5.74) is 2.32. The Labute approximate surface area is 150 Å². The maximum atomic E-state index is 11.4. The summed E-state index contributed by atoms with van der Waals surface area (Å²) in [6.07, 6.45) is 1.18. The Morgan fingerprint density at radius 2 is 1.62 bits per heavy atom. The summed E-state index contributed by atoms with van der Waals surface area (Å²) in [4.78, 5) is 22.2. The van der Waals surface area contributed by atoms with E-state index in [0.717, 1.165) is 5.70 Å². The van der Waals surface area contributed by atoms with E-state index in [1.807, 2.05) is 41.5 Å². The van der Waals surface area contributed by atoms with Crippen LogP contribution in [0, 0.1) is 0 Å². The number of rotatable bonds is 3. The second-order valence-electron chi connectivity index (χ2n) is 4.15. The van der Waals surface area contributed by atoms with Crippen molar-refractivity contribution >= 4 is 29.0 Å². The monoisotopic (exact) mass is 355 g/mol. The number of carbonyl (C=O) groups excluding carboxylic acids is 1. The van der Waals surface area contributed by atoms with Crippen LogP contribution in [-0.4, -0.2) is 16.9 Å². The molecule has 0 aromatic heterocycles. The minimum Gasteiger partial charge on any atom is -0.478 e. The van der Waals surface area contributed by atoms with Crippen LogP contribution in [0.15, 0.2) is 29.5 Å². The van der Waals surface area contributed by atoms with Crippen LogP contribution in [0.3, 0.4) is 0 Å². The minimum absolute atomic E-state index is 0.135. The maximum absolute atomic E-state index is 11.4. The van der Waals surface area contributed by atoms with Gasteiger partial charge in [0.05, 0.1) is 16.3 Å². The number of anilines is 1. The highest BCUT2D eigenvalue weighted by atomic mass is 35.5. The van der Waals surface area contributed by atoms with Crippen LogP contribution in [-0.2, 0) is 4.79 Å². The fraction of sp³-hybridized carbons (Fsp3) is 0.474. The van der Waals surface area contributed by atoms with Gasteiger partial charge < -0.3 is 10.4 Å². The first-order valence-corrected chi connectivity index (χ1v) is 8.89. The van der Waals surface area contributed by atoms with E-state index in [4.69, 9.17) is 16.7 Å². The van der Waals surface area contributed by atoms with Crippen molar-refractivity contribution in [1.82, 2.24) is 0 Å². The Bertz CT molecular complexity index is 566. The molecule has 136 valence electrons. The topological polar surface area (TPSA) is 66.4 Å². The van der Waals surface area contributed by atoms with Crippen molar-refractivity contribution < 1.29 is 14.7 Å². The Balaban J connectivity index is 0. The van der Waals surface area contributed by atoms with Crippen molar-refractivity contribution in [3.63, 3.8) is 0 Å². The van der Waals surface area contributed by atoms with Gasteiger partial charge in [-0.05, 0) is 31.5 Å². The molecule has 2 rings (SSSR count). The van der Waals surface area contributed by atoms with Crippen molar-refractivity contribution in [3.8, 4) is 0 Å². The van der Waals surface area contributed by atoms with Crippen molar-refractivity contribution in [1.29, 1.82) is 0 Å². The van der Waals surface area contributed by atoms with Crippen LogP contribution in [0.5, 0.6) is 0 Å². The van der Waals surface area contributed by atoms with Crippen LogP contribution in [0.1, 0.15) is 71.7 Å². The summed E-state index contributed by atoms with van der Waals surface area (Å²) < 4.78 is 0. The van der Waals surface area contributed by atoms with E-state index in [-0.39, 0.29) is 11.3 Å². The SMILES string of the molecule is CC.CC.CC.CC1=C(Nc2ccc(C(=O)O)cc2Cl)CCC1=O. The predicted molar refractivity (Wildman–Crippen MR) is 103 cm³/mol. The lowest BCUT2D eigenvalue weighted by atomic mass is 10.2. The number of carboxylic acid groups (broad SMARTS) is 1. The number of hydrogen-bond donors (Lipinski definition) is 2. The second-order valence-corrected chi connectivity index (χ2v) is 4.56. The van der Waals surface area contributed by atoms with Gasteiger partial charge in [0.2, 0.25) is 0 Å². The van der Waals surface area contributed by atoms with Crippen molar-refractivity contribution in [2.45, 2.75) is 61.3 Å². The highest BCUT2D eigenvalue weighted by molar-refractivity contribution is 6.33. The molecule has 4 nitrogen and oxygen atoms in total. The number of aromatic carboxylic acids is 1. The molecular weight excluding hydrogens is 326 g/mol. The highest BCUT2D eigenvalue weighted by Gasteiger charge is 2.19. The first-order chi connectivity index (χ1) is 11.5. The molecule has 1 aromatic rings. The summed E-state index contributed by atoms with van der Waals surface area (Å²) >= 11 is 6.00. The molecule has 1 aliphatic carbocycles. The van der Waals surface area contributed by atoms with Crippen LogP contribution < -0.4 is 5.32 Å². The molecule has 0 fully saturated rings. The lowest BCUT2D eigenvalue weighted by Crippen LogP contribution is -2.02. The predicted octanol–water partition coefficient (Wildman–Crippen LogP) is 6.17. The molecule has 0 unspecified atom stereocenters. The molecule has 0 amide bonds. The van der Waals surface area contributed by atoms with Gasteiger partial charge in [0.15, 0.2) is 5.78 Å². The zero-order valence-electron chi connectivity index (χ0n) is 15.8. The van der Waals surface area contributed by atoms with Crippen LogP contribution >= 0.6 is 11.6 Å². The minimum atomic E-state index is -1.02. The van der Waals surface area contributed by atoms with E-state index in [1.165, 1.54) is 12.1 Å². The van der Waals surface area contributed by atoms with E-state index >= 15 is 0 Å². The Hall–Kier alpha value is -1.81. The largest absolute Gasteiger partial charge is 0.478 e. The molecule has 0 spiro atoms. The Morgan fingerprint density at radius 1 is 1.08 bits per heavy atom. The fourth-order valence-corrected chi connectivity index (χ4v) is 2.08. The number of halogens is 1. The van der Waals surface area contributed by atoms with Crippen molar-refractivity contribution in [3.05, 3.63) is 40.1 Å². The van der Waals surface area contributed by atoms with Gasteiger partial charge in [-0.15, -0.1) is 0 Å². The molecule has 0 radical (unpaired) electrons. The standard InChI is InChI=1S/C13H12ClNO3.3C2H6/c1-7-10(4-5-12(7)16)15-11-3-2-8(13(17)18)6-9(11)14;3*1-2/h2-3,6,15H,4-5H2,1H3,(H,17,18);3*1-2H3. The quantitative estimate of drug-likeness (QED) is 0.680. The lowest BCUT2D eigenvalue weighted by Gasteiger charge is -2.10. The third-order valence-corrected chi connectivity index (χ3v) is 3.29. The van der Waals surface area contributed by atoms with E-state index in [1.54, 1.807) is 13.0 Å². The third kappa shape index (κ3) is 7.18. The number of carbonyl (C=O) groups is 2. The summed E-state index contributed by atoms with van der Waals surface area (Å²) in [6.45, 7) is 13.8. The van der Waals surface area contributed by atoms with E-state index < -0.39 is 5.97 Å². The van der Waals surface area contributed by atoms with Gasteiger partial charge in [0.1, 0.15) is 0 Å². The maximum Gasteiger partial charge on any atom is 0.335 e. The molecule has 1 aromatic carbocycles. The molecular formula is C19H30ClNO3. The normalized spacial score (nSPS) is 12.1. The average Bonchev–Trinajstić information content (AvgIpc) is 2.94. The van der Waals surface area contributed by atoms with Gasteiger partial charge in [-0.3, -0.25) is 4.79 Å². The molecule has 0 heterocycles.